The van der Waals surface area contributed by atoms with E-state index in [0.29, 0.717) is 11.3 Å². The molecular formula is C14H21N5S. The fourth-order valence-corrected chi connectivity index (χ4v) is 3.96. The average molecular weight is 291 g/mol. The molecule has 0 N–H and O–H groups in total. The number of rotatable bonds is 3. The lowest BCUT2D eigenvalue weighted by atomic mass is 10.2. The van der Waals surface area contributed by atoms with Crippen molar-refractivity contribution in [3.8, 4) is 0 Å². The molecule has 108 valence electrons. The summed E-state index contributed by atoms with van der Waals surface area (Å²) in [7, 11) is 6.28. The molecule has 0 saturated carbocycles. The van der Waals surface area contributed by atoms with Crippen LogP contribution < -0.4 is 4.90 Å². The second-order valence-electron chi connectivity index (χ2n) is 5.55. The van der Waals surface area contributed by atoms with Crippen molar-refractivity contribution in [2.24, 2.45) is 7.05 Å². The maximum absolute atomic E-state index is 4.42. The Labute approximate surface area is 123 Å². The zero-order chi connectivity index (χ0) is 14.3. The summed E-state index contributed by atoms with van der Waals surface area (Å²) in [5.74, 6) is 0. The van der Waals surface area contributed by atoms with Crippen LogP contribution in [0.4, 0.5) is 5.69 Å². The van der Waals surface area contributed by atoms with E-state index < -0.39 is 0 Å². The van der Waals surface area contributed by atoms with Crippen LogP contribution in [-0.2, 0) is 7.05 Å². The molecular weight excluding hydrogens is 270 g/mol. The molecule has 1 aliphatic heterocycles. The molecule has 2 aromatic heterocycles. The van der Waals surface area contributed by atoms with Crippen LogP contribution in [0, 0.1) is 0 Å². The molecule has 5 nitrogen and oxygen atoms in total. The molecule has 0 amide bonds. The lowest BCUT2D eigenvalue weighted by molar-refractivity contribution is 0.321. The summed E-state index contributed by atoms with van der Waals surface area (Å²) in [5.41, 5.74) is 2.21. The van der Waals surface area contributed by atoms with E-state index >= 15 is 0 Å². The number of thioether (sulfide) groups is 1. The van der Waals surface area contributed by atoms with Crippen molar-refractivity contribution in [3.63, 3.8) is 0 Å². The second kappa shape index (κ2) is 5.26. The van der Waals surface area contributed by atoms with Gasteiger partial charge in [-0.25, -0.2) is 4.98 Å². The Morgan fingerprint density at radius 1 is 1.35 bits per heavy atom. The Bertz CT molecular complexity index is 609. The topological polar surface area (TPSA) is 37.2 Å². The fourth-order valence-electron chi connectivity index (χ4n) is 2.99. The molecule has 3 heterocycles. The summed E-state index contributed by atoms with van der Waals surface area (Å²) >= 11 is 1.96. The van der Waals surface area contributed by atoms with Gasteiger partial charge in [0.25, 0.3) is 0 Å². The minimum atomic E-state index is 0.588. The number of pyridine rings is 1. The summed E-state index contributed by atoms with van der Waals surface area (Å²) in [4.78, 5) is 9.23. The molecule has 0 aliphatic carbocycles. The fraction of sp³-hybridized carbons (Fsp3) is 0.571. The highest BCUT2D eigenvalue weighted by molar-refractivity contribution is 7.99. The van der Waals surface area contributed by atoms with Crippen LogP contribution in [-0.4, -0.2) is 64.4 Å². The van der Waals surface area contributed by atoms with Crippen molar-refractivity contribution in [3.05, 3.63) is 18.5 Å². The largest absolute Gasteiger partial charge is 0.368 e. The third-order valence-electron chi connectivity index (χ3n) is 4.16. The summed E-state index contributed by atoms with van der Waals surface area (Å²) in [6.07, 6.45) is 6.02. The quantitative estimate of drug-likeness (QED) is 0.855. The number of hydrogen-bond donors (Lipinski definition) is 0. The summed E-state index contributed by atoms with van der Waals surface area (Å²) in [6.45, 7) is 2.14. The molecule has 6 heteroatoms. The van der Waals surface area contributed by atoms with Crippen molar-refractivity contribution < 1.29 is 0 Å². The van der Waals surface area contributed by atoms with Gasteiger partial charge in [0.1, 0.15) is 0 Å². The standard InChI is InChI=1S/C14H21N5S/c1-17(2)12-8-19(9-13(12)20-4)11-5-6-15-14-10(11)7-16-18(14)3/h5-7,12-13H,8-9H2,1-4H3. The van der Waals surface area contributed by atoms with Crippen molar-refractivity contribution in [1.82, 2.24) is 19.7 Å². The van der Waals surface area contributed by atoms with Crippen LogP contribution in [0.2, 0.25) is 0 Å². The molecule has 0 radical (unpaired) electrons. The zero-order valence-corrected chi connectivity index (χ0v) is 13.3. The van der Waals surface area contributed by atoms with Gasteiger partial charge in [-0.2, -0.15) is 16.9 Å². The zero-order valence-electron chi connectivity index (χ0n) is 12.4. The SMILES string of the molecule is CSC1CN(c2ccnc3c2cnn3C)CC1N(C)C. The van der Waals surface area contributed by atoms with Crippen LogP contribution in [0.5, 0.6) is 0 Å². The van der Waals surface area contributed by atoms with Gasteiger partial charge in [-0.15, -0.1) is 0 Å². The van der Waals surface area contributed by atoms with E-state index in [1.807, 2.05) is 35.9 Å². The Kier molecular flexibility index (Phi) is 3.60. The number of anilines is 1. The van der Waals surface area contributed by atoms with Gasteiger partial charge in [0, 0.05) is 37.6 Å². The van der Waals surface area contributed by atoms with Gasteiger partial charge >= 0.3 is 0 Å². The van der Waals surface area contributed by atoms with Crippen LogP contribution in [0.3, 0.4) is 0 Å². The highest BCUT2D eigenvalue weighted by Crippen LogP contribution is 2.32. The molecule has 0 aromatic carbocycles. The monoisotopic (exact) mass is 291 g/mol. The molecule has 2 unspecified atom stereocenters. The molecule has 1 saturated heterocycles. The molecule has 2 aromatic rings. The predicted molar refractivity (Wildman–Crippen MR) is 85.5 cm³/mol. The third-order valence-corrected chi connectivity index (χ3v) is 5.23. The van der Waals surface area contributed by atoms with Gasteiger partial charge in [0.2, 0.25) is 0 Å². The highest BCUT2D eigenvalue weighted by Gasteiger charge is 2.34. The average Bonchev–Trinajstić information content (AvgIpc) is 3.03. The molecule has 1 aliphatic rings. The van der Waals surface area contributed by atoms with Crippen molar-refractivity contribution in [2.45, 2.75) is 11.3 Å². The lowest BCUT2D eigenvalue weighted by Crippen LogP contribution is -2.36. The highest BCUT2D eigenvalue weighted by atomic mass is 32.2. The predicted octanol–water partition coefficient (Wildman–Crippen LogP) is 1.45. The first-order chi connectivity index (χ1) is 9.61. The molecule has 0 spiro atoms. The van der Waals surface area contributed by atoms with Gasteiger partial charge in [0.05, 0.1) is 17.3 Å². The second-order valence-corrected chi connectivity index (χ2v) is 6.62. The summed E-state index contributed by atoms with van der Waals surface area (Å²) < 4.78 is 1.84. The Hall–Kier alpha value is -1.27. The molecule has 20 heavy (non-hydrogen) atoms. The number of nitrogens with zero attached hydrogens (tertiary/aromatic N) is 5. The van der Waals surface area contributed by atoms with Crippen LogP contribution >= 0.6 is 11.8 Å². The number of hydrogen-bond acceptors (Lipinski definition) is 5. The van der Waals surface area contributed by atoms with Gasteiger partial charge in [-0.05, 0) is 26.4 Å². The van der Waals surface area contributed by atoms with Crippen LogP contribution in [0.25, 0.3) is 11.0 Å². The number of aromatic nitrogens is 3. The van der Waals surface area contributed by atoms with Gasteiger partial charge in [0.15, 0.2) is 5.65 Å². The summed E-state index contributed by atoms with van der Waals surface area (Å²) in [6, 6.07) is 2.70. The van der Waals surface area contributed by atoms with Crippen LogP contribution in [0.15, 0.2) is 18.5 Å². The smallest absolute Gasteiger partial charge is 0.159 e. The first kappa shape index (κ1) is 13.7. The molecule has 1 fully saturated rings. The van der Waals surface area contributed by atoms with E-state index in [2.05, 4.69) is 46.3 Å². The Balaban J connectivity index is 1.96. The molecule has 0 bridgehead atoms. The minimum Gasteiger partial charge on any atom is -0.368 e. The van der Waals surface area contributed by atoms with Crippen molar-refractivity contribution >= 4 is 28.5 Å². The van der Waals surface area contributed by atoms with E-state index in [4.69, 9.17) is 0 Å². The number of aryl methyl sites for hydroxylation is 1. The van der Waals surface area contributed by atoms with E-state index in [1.165, 1.54) is 5.69 Å². The van der Waals surface area contributed by atoms with Crippen LogP contribution in [0.1, 0.15) is 0 Å². The van der Waals surface area contributed by atoms with Crippen molar-refractivity contribution in [1.29, 1.82) is 0 Å². The lowest BCUT2D eigenvalue weighted by Gasteiger charge is -2.23. The van der Waals surface area contributed by atoms with Crippen molar-refractivity contribution in [2.75, 3.05) is 38.3 Å². The first-order valence-corrected chi connectivity index (χ1v) is 8.11. The van der Waals surface area contributed by atoms with Gasteiger partial charge in [-0.1, -0.05) is 0 Å². The third kappa shape index (κ3) is 2.16. The van der Waals surface area contributed by atoms with Gasteiger partial charge < -0.3 is 9.80 Å². The van der Waals surface area contributed by atoms with E-state index in [9.17, 15) is 0 Å². The summed E-state index contributed by atoms with van der Waals surface area (Å²) in [5, 5.41) is 6.12. The first-order valence-electron chi connectivity index (χ1n) is 6.82. The normalized spacial score (nSPS) is 23.1. The molecule has 2 atom stereocenters. The van der Waals surface area contributed by atoms with E-state index in [-0.39, 0.29) is 0 Å². The minimum absolute atomic E-state index is 0.588. The maximum Gasteiger partial charge on any atom is 0.159 e. The van der Waals surface area contributed by atoms with E-state index in [1.54, 1.807) is 0 Å². The number of fused-ring (bicyclic) bond motifs is 1. The number of likely N-dealkylation sites (N-methyl/N-ethyl adjacent to an activating group) is 1. The van der Waals surface area contributed by atoms with Gasteiger partial charge in [-0.3, -0.25) is 4.68 Å². The molecule has 3 rings (SSSR count). The van der Waals surface area contributed by atoms with E-state index in [0.717, 1.165) is 24.1 Å². The Morgan fingerprint density at radius 2 is 2.15 bits per heavy atom. The maximum atomic E-state index is 4.42. The Morgan fingerprint density at radius 3 is 2.80 bits per heavy atom.